The number of pyridine rings is 1. The van der Waals surface area contributed by atoms with E-state index in [9.17, 15) is 4.79 Å². The van der Waals surface area contributed by atoms with Crippen LogP contribution in [-0.2, 0) is 16.1 Å². The largest absolute Gasteiger partial charge is 0.497 e. The SMILES string of the molecule is COc1ccc(N(C(=O)C[n+]2ccccc2)[C@H]2COCC=C2C)cc1. The lowest BCUT2D eigenvalue weighted by Crippen LogP contribution is -2.51. The summed E-state index contributed by atoms with van der Waals surface area (Å²) in [6, 6.07) is 13.2. The van der Waals surface area contributed by atoms with E-state index in [-0.39, 0.29) is 18.5 Å². The van der Waals surface area contributed by atoms with E-state index in [1.165, 1.54) is 0 Å². The van der Waals surface area contributed by atoms with Gasteiger partial charge in [-0.25, -0.2) is 0 Å². The Kier molecular flexibility index (Phi) is 5.46. The monoisotopic (exact) mass is 339 g/mol. The molecule has 0 aliphatic carbocycles. The molecule has 1 amide bonds. The van der Waals surface area contributed by atoms with Gasteiger partial charge in [0.15, 0.2) is 12.4 Å². The average molecular weight is 339 g/mol. The van der Waals surface area contributed by atoms with Crippen LogP contribution in [0.15, 0.2) is 66.5 Å². The second kappa shape index (κ2) is 7.94. The Labute approximate surface area is 148 Å². The van der Waals surface area contributed by atoms with Crippen LogP contribution in [0.1, 0.15) is 6.92 Å². The van der Waals surface area contributed by atoms with E-state index in [1.54, 1.807) is 7.11 Å². The van der Waals surface area contributed by atoms with Crippen LogP contribution in [0.25, 0.3) is 0 Å². The highest BCUT2D eigenvalue weighted by molar-refractivity contribution is 5.93. The molecule has 0 saturated heterocycles. The Bertz CT molecular complexity index is 741. The minimum Gasteiger partial charge on any atom is -0.497 e. The third-order valence-electron chi connectivity index (χ3n) is 4.35. The molecule has 0 saturated carbocycles. The molecule has 2 heterocycles. The Morgan fingerprint density at radius 1 is 1.24 bits per heavy atom. The standard InChI is InChI=1S/C20H23N2O3/c1-16-10-13-25-15-19(16)22(17-6-8-18(24-2)9-7-17)20(23)14-21-11-4-3-5-12-21/h3-12,19H,13-15H2,1-2H3/q+1/t19-/m0/s1. The van der Waals surface area contributed by atoms with Crippen LogP contribution in [0.3, 0.4) is 0 Å². The van der Waals surface area contributed by atoms with Gasteiger partial charge in [-0.2, -0.15) is 4.57 Å². The van der Waals surface area contributed by atoms with Crippen LogP contribution in [0.5, 0.6) is 5.75 Å². The summed E-state index contributed by atoms with van der Waals surface area (Å²) in [7, 11) is 1.63. The quantitative estimate of drug-likeness (QED) is 0.620. The van der Waals surface area contributed by atoms with Gasteiger partial charge in [0.05, 0.1) is 26.4 Å². The van der Waals surface area contributed by atoms with Gasteiger partial charge in [0.25, 0.3) is 5.91 Å². The number of nitrogens with zero attached hydrogens (tertiary/aromatic N) is 2. The van der Waals surface area contributed by atoms with Crippen molar-refractivity contribution in [3.63, 3.8) is 0 Å². The van der Waals surface area contributed by atoms with Crippen molar-refractivity contribution in [1.29, 1.82) is 0 Å². The molecule has 1 aliphatic heterocycles. The number of anilines is 1. The van der Waals surface area contributed by atoms with Crippen molar-refractivity contribution in [3.8, 4) is 5.75 Å². The number of hydrogen-bond acceptors (Lipinski definition) is 3. The number of carbonyl (C=O) groups excluding carboxylic acids is 1. The molecule has 1 aromatic carbocycles. The molecule has 130 valence electrons. The molecule has 0 spiro atoms. The maximum atomic E-state index is 13.1. The lowest BCUT2D eigenvalue weighted by molar-refractivity contribution is -0.684. The van der Waals surface area contributed by atoms with Crippen LogP contribution in [-0.4, -0.2) is 32.3 Å². The van der Waals surface area contributed by atoms with E-state index >= 15 is 0 Å². The Morgan fingerprint density at radius 3 is 2.60 bits per heavy atom. The third kappa shape index (κ3) is 4.06. The molecule has 0 N–H and O–H groups in total. The first kappa shape index (κ1) is 17.2. The molecule has 5 heteroatoms. The maximum absolute atomic E-state index is 13.1. The normalized spacial score (nSPS) is 16.9. The smallest absolute Gasteiger partial charge is 0.293 e. The molecular weight excluding hydrogens is 316 g/mol. The molecule has 5 nitrogen and oxygen atoms in total. The lowest BCUT2D eigenvalue weighted by Gasteiger charge is -2.33. The van der Waals surface area contributed by atoms with Gasteiger partial charge in [0, 0.05) is 17.8 Å². The maximum Gasteiger partial charge on any atom is 0.293 e. The van der Waals surface area contributed by atoms with Gasteiger partial charge in [-0.3, -0.25) is 9.69 Å². The van der Waals surface area contributed by atoms with Crippen LogP contribution in [0.2, 0.25) is 0 Å². The van der Waals surface area contributed by atoms with Crippen molar-refractivity contribution in [2.24, 2.45) is 0 Å². The second-order valence-corrected chi connectivity index (χ2v) is 6.01. The van der Waals surface area contributed by atoms with Gasteiger partial charge in [-0.15, -0.1) is 0 Å². The molecule has 0 radical (unpaired) electrons. The van der Waals surface area contributed by atoms with E-state index in [0.717, 1.165) is 17.0 Å². The number of benzene rings is 1. The minimum atomic E-state index is -0.0982. The fraction of sp³-hybridized carbons (Fsp3) is 0.300. The first-order chi connectivity index (χ1) is 12.2. The molecule has 0 fully saturated rings. The predicted octanol–water partition coefficient (Wildman–Crippen LogP) is 2.36. The van der Waals surface area contributed by atoms with E-state index in [0.29, 0.717) is 13.2 Å². The van der Waals surface area contributed by atoms with Gasteiger partial charge in [0.1, 0.15) is 5.75 Å². The van der Waals surface area contributed by atoms with Crippen molar-refractivity contribution >= 4 is 11.6 Å². The first-order valence-corrected chi connectivity index (χ1v) is 8.33. The second-order valence-electron chi connectivity index (χ2n) is 6.01. The fourth-order valence-corrected chi connectivity index (χ4v) is 2.93. The minimum absolute atomic E-state index is 0.0182. The molecule has 0 unspecified atom stereocenters. The molecule has 1 aliphatic rings. The van der Waals surface area contributed by atoms with Crippen LogP contribution in [0.4, 0.5) is 5.69 Å². The van der Waals surface area contributed by atoms with E-state index in [2.05, 4.69) is 0 Å². The molecule has 1 aromatic heterocycles. The summed E-state index contributed by atoms with van der Waals surface area (Å²) in [4.78, 5) is 14.9. The van der Waals surface area contributed by atoms with Gasteiger partial charge in [-0.1, -0.05) is 12.1 Å². The summed E-state index contributed by atoms with van der Waals surface area (Å²) in [5.41, 5.74) is 1.99. The third-order valence-corrected chi connectivity index (χ3v) is 4.35. The predicted molar refractivity (Wildman–Crippen MR) is 95.5 cm³/mol. The van der Waals surface area contributed by atoms with E-state index < -0.39 is 0 Å². The molecule has 25 heavy (non-hydrogen) atoms. The summed E-state index contributed by atoms with van der Waals surface area (Å²) in [5, 5.41) is 0. The Morgan fingerprint density at radius 2 is 1.96 bits per heavy atom. The lowest BCUT2D eigenvalue weighted by atomic mass is 10.0. The summed E-state index contributed by atoms with van der Waals surface area (Å²) >= 11 is 0. The van der Waals surface area contributed by atoms with E-state index in [4.69, 9.17) is 9.47 Å². The highest BCUT2D eigenvalue weighted by atomic mass is 16.5. The Hall–Kier alpha value is -2.66. The van der Waals surface area contributed by atoms with Crippen molar-refractivity contribution in [2.45, 2.75) is 19.5 Å². The van der Waals surface area contributed by atoms with Crippen molar-refractivity contribution in [1.82, 2.24) is 0 Å². The fourth-order valence-electron chi connectivity index (χ4n) is 2.93. The van der Waals surface area contributed by atoms with E-state index in [1.807, 2.05) is 77.3 Å². The zero-order valence-corrected chi connectivity index (χ0v) is 14.6. The zero-order valence-electron chi connectivity index (χ0n) is 14.6. The summed E-state index contributed by atoms with van der Waals surface area (Å²) in [6.45, 7) is 3.42. The number of amides is 1. The van der Waals surface area contributed by atoms with Crippen molar-refractivity contribution in [2.75, 3.05) is 25.2 Å². The summed E-state index contributed by atoms with van der Waals surface area (Å²) in [5.74, 6) is 0.783. The average Bonchev–Trinajstić information content (AvgIpc) is 2.65. The first-order valence-electron chi connectivity index (χ1n) is 8.33. The Balaban J connectivity index is 1.91. The highest BCUT2D eigenvalue weighted by Gasteiger charge is 2.30. The van der Waals surface area contributed by atoms with Crippen LogP contribution >= 0.6 is 0 Å². The van der Waals surface area contributed by atoms with Gasteiger partial charge >= 0.3 is 0 Å². The summed E-state index contributed by atoms with van der Waals surface area (Å²) < 4.78 is 12.7. The zero-order chi connectivity index (χ0) is 17.6. The highest BCUT2D eigenvalue weighted by Crippen LogP contribution is 2.25. The molecule has 3 rings (SSSR count). The number of ether oxygens (including phenoxy) is 2. The van der Waals surface area contributed by atoms with Crippen molar-refractivity contribution in [3.05, 3.63) is 66.5 Å². The molecule has 1 atom stereocenters. The molecule has 0 bridgehead atoms. The van der Waals surface area contributed by atoms with Crippen molar-refractivity contribution < 1.29 is 18.8 Å². The molecular formula is C20H23N2O3+. The number of carbonyl (C=O) groups is 1. The van der Waals surface area contributed by atoms with Crippen LogP contribution in [0, 0.1) is 0 Å². The van der Waals surface area contributed by atoms with Gasteiger partial charge in [0.2, 0.25) is 6.54 Å². The number of methoxy groups -OCH3 is 1. The topological polar surface area (TPSA) is 42.7 Å². The summed E-state index contributed by atoms with van der Waals surface area (Å²) in [6.07, 6.45) is 5.82. The number of aromatic nitrogens is 1. The van der Waals surface area contributed by atoms with Gasteiger partial charge in [-0.05, 0) is 36.8 Å². The van der Waals surface area contributed by atoms with Gasteiger partial charge < -0.3 is 9.47 Å². The number of hydrogen-bond donors (Lipinski definition) is 0. The van der Waals surface area contributed by atoms with Crippen LogP contribution < -0.4 is 14.2 Å². The molecule has 2 aromatic rings. The number of rotatable bonds is 5.